The van der Waals surface area contributed by atoms with Crippen molar-refractivity contribution >= 4 is 56.3 Å². The monoisotopic (exact) mass is 352 g/mol. The van der Waals surface area contributed by atoms with E-state index < -0.39 is 10.0 Å². The third kappa shape index (κ3) is 3.24. The number of benzene rings is 1. The van der Waals surface area contributed by atoms with Gasteiger partial charge in [-0.2, -0.15) is 4.98 Å². The minimum Gasteiger partial charge on any atom is -0.398 e. The van der Waals surface area contributed by atoms with Crippen LogP contribution in [0.1, 0.15) is 0 Å². The first kappa shape index (κ1) is 15.1. The standard InChI is InChI=1S/C10H7Cl3N4O2S/c11-5-2-1-3-6(14)9(5)20(18,19)17-8-4-7(12)15-10(13)16-8/h1-4H,14H2,(H,15,16,17). The molecule has 0 spiro atoms. The predicted octanol–water partition coefficient (Wildman–Crippen LogP) is 2.82. The molecule has 1 heterocycles. The molecule has 0 saturated carbocycles. The zero-order valence-electron chi connectivity index (χ0n) is 9.64. The van der Waals surface area contributed by atoms with E-state index in [1.165, 1.54) is 24.3 Å². The van der Waals surface area contributed by atoms with Gasteiger partial charge in [-0.15, -0.1) is 0 Å². The number of nitrogens with zero attached hydrogens (tertiary/aromatic N) is 2. The average Bonchev–Trinajstić information content (AvgIpc) is 2.25. The molecule has 2 rings (SSSR count). The van der Waals surface area contributed by atoms with E-state index in [2.05, 4.69) is 14.7 Å². The number of hydrogen-bond donors (Lipinski definition) is 2. The van der Waals surface area contributed by atoms with Crippen LogP contribution in [-0.4, -0.2) is 18.4 Å². The molecule has 0 aliphatic carbocycles. The number of nitrogens with one attached hydrogen (secondary N) is 1. The van der Waals surface area contributed by atoms with E-state index in [4.69, 9.17) is 40.5 Å². The Morgan fingerprint density at radius 3 is 2.45 bits per heavy atom. The van der Waals surface area contributed by atoms with Gasteiger partial charge in [0.2, 0.25) is 5.28 Å². The first-order valence-electron chi connectivity index (χ1n) is 5.06. The maximum Gasteiger partial charge on any atom is 0.266 e. The van der Waals surface area contributed by atoms with Crippen molar-refractivity contribution in [2.75, 3.05) is 10.5 Å². The molecule has 0 fully saturated rings. The molecule has 0 aliphatic rings. The quantitative estimate of drug-likeness (QED) is 0.502. The molecule has 0 amide bonds. The Hall–Kier alpha value is -1.28. The van der Waals surface area contributed by atoms with Crippen LogP contribution in [0.3, 0.4) is 0 Å². The van der Waals surface area contributed by atoms with Gasteiger partial charge < -0.3 is 5.73 Å². The van der Waals surface area contributed by atoms with Crippen molar-refractivity contribution < 1.29 is 8.42 Å². The summed E-state index contributed by atoms with van der Waals surface area (Å²) in [6.45, 7) is 0. The highest BCUT2D eigenvalue weighted by atomic mass is 35.5. The Bertz CT molecular complexity index is 727. The average molecular weight is 354 g/mol. The van der Waals surface area contributed by atoms with Crippen molar-refractivity contribution in [3.8, 4) is 0 Å². The molecule has 0 atom stereocenters. The topological polar surface area (TPSA) is 98.0 Å². The molecule has 0 radical (unpaired) electrons. The molecule has 0 saturated heterocycles. The first-order valence-corrected chi connectivity index (χ1v) is 7.68. The smallest absolute Gasteiger partial charge is 0.266 e. The second-order valence-electron chi connectivity index (χ2n) is 3.61. The third-order valence-electron chi connectivity index (χ3n) is 2.17. The van der Waals surface area contributed by atoms with Crippen LogP contribution in [0.15, 0.2) is 29.2 Å². The SMILES string of the molecule is Nc1cccc(Cl)c1S(=O)(=O)Nc1cc(Cl)nc(Cl)n1. The number of nitrogen functional groups attached to an aromatic ring is 1. The van der Waals surface area contributed by atoms with Gasteiger partial charge >= 0.3 is 0 Å². The summed E-state index contributed by atoms with van der Waals surface area (Å²) in [5.41, 5.74) is 5.64. The van der Waals surface area contributed by atoms with Gasteiger partial charge in [0.15, 0.2) is 0 Å². The highest BCUT2D eigenvalue weighted by Crippen LogP contribution is 2.29. The Balaban J connectivity index is 2.46. The molecule has 2 aromatic rings. The molecular formula is C10H7Cl3N4O2S. The summed E-state index contributed by atoms with van der Waals surface area (Å²) in [5.74, 6) is -0.0886. The summed E-state index contributed by atoms with van der Waals surface area (Å²) < 4.78 is 26.7. The lowest BCUT2D eigenvalue weighted by Crippen LogP contribution is -2.16. The first-order chi connectivity index (χ1) is 9.29. The molecule has 3 N–H and O–H groups in total. The summed E-state index contributed by atoms with van der Waals surface area (Å²) >= 11 is 17.1. The van der Waals surface area contributed by atoms with Gasteiger partial charge in [0.25, 0.3) is 10.0 Å². The van der Waals surface area contributed by atoms with E-state index in [9.17, 15) is 8.42 Å². The highest BCUT2D eigenvalue weighted by molar-refractivity contribution is 7.93. The highest BCUT2D eigenvalue weighted by Gasteiger charge is 2.22. The van der Waals surface area contributed by atoms with Crippen LogP contribution in [0.4, 0.5) is 11.5 Å². The van der Waals surface area contributed by atoms with Crippen molar-refractivity contribution in [1.29, 1.82) is 0 Å². The van der Waals surface area contributed by atoms with Gasteiger partial charge in [0, 0.05) is 6.07 Å². The number of sulfonamides is 1. The van der Waals surface area contributed by atoms with Gasteiger partial charge in [0.1, 0.15) is 15.9 Å². The van der Waals surface area contributed by atoms with Crippen LogP contribution in [-0.2, 0) is 10.0 Å². The minimum absolute atomic E-state index is 0.00479. The second kappa shape index (κ2) is 5.61. The van der Waals surface area contributed by atoms with Crippen LogP contribution >= 0.6 is 34.8 Å². The van der Waals surface area contributed by atoms with Gasteiger partial charge in [-0.3, -0.25) is 4.72 Å². The molecule has 0 aliphatic heterocycles. The van der Waals surface area contributed by atoms with Gasteiger partial charge in [-0.05, 0) is 23.7 Å². The fourth-order valence-corrected chi connectivity index (χ4v) is 3.52. The predicted molar refractivity (Wildman–Crippen MR) is 78.7 cm³/mol. The van der Waals surface area contributed by atoms with Crippen LogP contribution in [0.5, 0.6) is 0 Å². The molecule has 1 aromatic heterocycles. The van der Waals surface area contributed by atoms with Crippen LogP contribution in [0.25, 0.3) is 0 Å². The number of aromatic nitrogens is 2. The van der Waals surface area contributed by atoms with Crippen molar-refractivity contribution in [3.05, 3.63) is 39.7 Å². The van der Waals surface area contributed by atoms with Crippen molar-refractivity contribution in [1.82, 2.24) is 9.97 Å². The number of nitrogens with two attached hydrogens (primary N) is 1. The Morgan fingerprint density at radius 2 is 1.85 bits per heavy atom. The van der Waals surface area contributed by atoms with Crippen LogP contribution in [0, 0.1) is 0 Å². The van der Waals surface area contributed by atoms with Gasteiger partial charge in [-0.1, -0.05) is 29.3 Å². The summed E-state index contributed by atoms with van der Waals surface area (Å²) in [6, 6.07) is 5.57. The summed E-state index contributed by atoms with van der Waals surface area (Å²) in [7, 11) is -4.02. The van der Waals surface area contributed by atoms with E-state index in [0.717, 1.165) is 0 Å². The van der Waals surface area contributed by atoms with Gasteiger partial charge in [0.05, 0.1) is 10.7 Å². The fraction of sp³-hybridized carbons (Fsp3) is 0. The van der Waals surface area contributed by atoms with E-state index in [-0.39, 0.29) is 31.9 Å². The second-order valence-corrected chi connectivity index (χ2v) is 6.36. The molecule has 106 valence electrons. The fourth-order valence-electron chi connectivity index (χ4n) is 1.44. The molecule has 0 bridgehead atoms. The number of halogens is 3. The molecule has 20 heavy (non-hydrogen) atoms. The van der Waals surface area contributed by atoms with E-state index >= 15 is 0 Å². The van der Waals surface area contributed by atoms with E-state index in [1.54, 1.807) is 0 Å². The summed E-state index contributed by atoms with van der Waals surface area (Å²) in [5, 5.41) is -0.207. The maximum absolute atomic E-state index is 12.2. The molecular weight excluding hydrogens is 347 g/mol. The summed E-state index contributed by atoms with van der Waals surface area (Å²) in [4.78, 5) is 7.06. The van der Waals surface area contributed by atoms with Crippen molar-refractivity contribution in [2.45, 2.75) is 4.90 Å². The van der Waals surface area contributed by atoms with E-state index in [1.807, 2.05) is 0 Å². The lowest BCUT2D eigenvalue weighted by Gasteiger charge is -2.11. The lowest BCUT2D eigenvalue weighted by atomic mass is 10.3. The number of rotatable bonds is 3. The minimum atomic E-state index is -4.02. The third-order valence-corrected chi connectivity index (χ3v) is 4.43. The zero-order chi connectivity index (χ0) is 14.9. The largest absolute Gasteiger partial charge is 0.398 e. The molecule has 6 nitrogen and oxygen atoms in total. The number of hydrogen-bond acceptors (Lipinski definition) is 5. The van der Waals surface area contributed by atoms with Gasteiger partial charge in [-0.25, -0.2) is 13.4 Å². The lowest BCUT2D eigenvalue weighted by molar-refractivity contribution is 0.601. The zero-order valence-corrected chi connectivity index (χ0v) is 12.7. The number of anilines is 2. The molecule has 0 unspecified atom stereocenters. The Labute approximate surface area is 129 Å². The summed E-state index contributed by atoms with van der Waals surface area (Å²) in [6.07, 6.45) is 0. The van der Waals surface area contributed by atoms with Crippen LogP contribution in [0.2, 0.25) is 15.5 Å². The Morgan fingerprint density at radius 1 is 1.15 bits per heavy atom. The van der Waals surface area contributed by atoms with Crippen molar-refractivity contribution in [2.24, 2.45) is 0 Å². The van der Waals surface area contributed by atoms with E-state index in [0.29, 0.717) is 0 Å². The van der Waals surface area contributed by atoms with Crippen molar-refractivity contribution in [3.63, 3.8) is 0 Å². The maximum atomic E-state index is 12.2. The Kier molecular flexibility index (Phi) is 4.24. The normalized spacial score (nSPS) is 11.3. The molecule has 1 aromatic carbocycles. The van der Waals surface area contributed by atoms with Crippen LogP contribution < -0.4 is 10.5 Å². The molecule has 10 heteroatoms.